The zero-order valence-corrected chi connectivity index (χ0v) is 12.0. The minimum Gasteiger partial charge on any atom is -0.435 e. The third kappa shape index (κ3) is 4.70. The molecule has 126 valence electrons. The van der Waals surface area contributed by atoms with Gasteiger partial charge in [-0.15, -0.1) is 0 Å². The predicted octanol–water partition coefficient (Wildman–Crippen LogP) is 3.52. The predicted molar refractivity (Wildman–Crippen MR) is 78.5 cm³/mol. The molecule has 2 aromatic carbocycles. The topological polar surface area (TPSA) is 81.5 Å². The Hall–Kier alpha value is -3.10. The van der Waals surface area contributed by atoms with Crippen LogP contribution in [0.4, 0.5) is 24.5 Å². The number of benzene rings is 2. The summed E-state index contributed by atoms with van der Waals surface area (Å²) in [5.41, 5.74) is -0.155. The molecule has 0 aliphatic rings. The Bertz CT molecular complexity index is 751. The van der Waals surface area contributed by atoms with Crippen molar-refractivity contribution in [3.63, 3.8) is 0 Å². The molecule has 0 saturated heterocycles. The van der Waals surface area contributed by atoms with E-state index in [0.717, 1.165) is 12.1 Å². The van der Waals surface area contributed by atoms with Crippen LogP contribution < -0.4 is 10.1 Å². The first kappa shape index (κ1) is 17.3. The molecule has 0 heterocycles. The van der Waals surface area contributed by atoms with Crippen LogP contribution >= 0.6 is 0 Å². The summed E-state index contributed by atoms with van der Waals surface area (Å²) in [5.74, 6) is -1.55. The van der Waals surface area contributed by atoms with Crippen LogP contribution in [-0.2, 0) is 11.2 Å². The van der Waals surface area contributed by atoms with Gasteiger partial charge in [-0.1, -0.05) is 12.1 Å². The number of nitrogens with one attached hydrogen (secondary N) is 1. The van der Waals surface area contributed by atoms with Crippen LogP contribution in [0.1, 0.15) is 5.56 Å². The molecule has 1 amide bonds. The largest absolute Gasteiger partial charge is 0.435 e. The van der Waals surface area contributed by atoms with Gasteiger partial charge in [0.1, 0.15) is 5.75 Å². The number of hydrogen-bond acceptors (Lipinski definition) is 4. The molecule has 2 aromatic rings. The van der Waals surface area contributed by atoms with E-state index in [1.54, 1.807) is 0 Å². The van der Waals surface area contributed by atoms with Crippen molar-refractivity contribution >= 4 is 17.3 Å². The molecule has 0 bridgehead atoms. The smallest absolute Gasteiger partial charge is 0.387 e. The van der Waals surface area contributed by atoms with E-state index in [4.69, 9.17) is 0 Å². The minimum atomic E-state index is -2.94. The number of amides is 1. The Balaban J connectivity index is 2.00. The summed E-state index contributed by atoms with van der Waals surface area (Å²) >= 11 is 0. The number of alkyl halides is 2. The standard InChI is InChI=1S/C15H11F3N2O4/c16-12-6-3-10(8-13(12)20(22)23)19-14(21)7-9-1-4-11(5-2-9)24-15(17)18/h1-6,8,15H,7H2,(H,19,21). The average molecular weight is 340 g/mol. The molecule has 9 heteroatoms. The number of carbonyl (C=O) groups excluding carboxylic acids is 1. The Morgan fingerprint density at radius 1 is 1.21 bits per heavy atom. The lowest BCUT2D eigenvalue weighted by atomic mass is 10.1. The molecule has 0 aliphatic carbocycles. The summed E-state index contributed by atoms with van der Waals surface area (Å²) in [6, 6.07) is 8.43. The number of anilines is 1. The maximum atomic E-state index is 13.2. The SMILES string of the molecule is O=C(Cc1ccc(OC(F)F)cc1)Nc1ccc(F)c([N+](=O)[O-])c1. The van der Waals surface area contributed by atoms with E-state index in [0.29, 0.717) is 5.56 Å². The molecule has 6 nitrogen and oxygen atoms in total. The molecule has 0 unspecified atom stereocenters. The van der Waals surface area contributed by atoms with E-state index in [1.165, 1.54) is 30.3 Å². The molecule has 0 fully saturated rings. The molecule has 24 heavy (non-hydrogen) atoms. The maximum absolute atomic E-state index is 13.2. The van der Waals surface area contributed by atoms with Gasteiger partial charge in [0.2, 0.25) is 11.7 Å². The molecule has 0 radical (unpaired) electrons. The highest BCUT2D eigenvalue weighted by molar-refractivity contribution is 5.92. The van der Waals surface area contributed by atoms with E-state index in [9.17, 15) is 28.1 Å². The number of nitro benzene ring substituents is 1. The van der Waals surface area contributed by atoms with E-state index < -0.39 is 28.9 Å². The lowest BCUT2D eigenvalue weighted by molar-refractivity contribution is -0.387. The van der Waals surface area contributed by atoms with Crippen LogP contribution in [0.5, 0.6) is 5.75 Å². The van der Waals surface area contributed by atoms with Crippen LogP contribution in [0.2, 0.25) is 0 Å². The Kier molecular flexibility index (Phi) is 5.35. The van der Waals surface area contributed by atoms with Gasteiger partial charge in [-0.3, -0.25) is 14.9 Å². The minimum absolute atomic E-state index is 0.0386. The number of halogens is 3. The first-order chi connectivity index (χ1) is 11.3. The van der Waals surface area contributed by atoms with Crippen molar-refractivity contribution in [1.82, 2.24) is 0 Å². The van der Waals surface area contributed by atoms with Gasteiger partial charge in [0.25, 0.3) is 0 Å². The maximum Gasteiger partial charge on any atom is 0.387 e. The highest BCUT2D eigenvalue weighted by Gasteiger charge is 2.15. The number of nitrogens with zero attached hydrogens (tertiary/aromatic N) is 1. The monoisotopic (exact) mass is 340 g/mol. The summed E-state index contributed by atoms with van der Waals surface area (Å²) in [6.45, 7) is -2.94. The molecular formula is C15H11F3N2O4. The second-order valence-electron chi connectivity index (χ2n) is 4.67. The van der Waals surface area contributed by atoms with E-state index in [2.05, 4.69) is 10.1 Å². The van der Waals surface area contributed by atoms with Crippen molar-refractivity contribution in [2.45, 2.75) is 13.0 Å². The van der Waals surface area contributed by atoms with Gasteiger partial charge in [0.05, 0.1) is 11.3 Å². The number of rotatable bonds is 6. The molecule has 1 N–H and O–H groups in total. The molecular weight excluding hydrogens is 329 g/mol. The van der Waals surface area contributed by atoms with Crippen molar-refractivity contribution in [3.8, 4) is 5.75 Å². The van der Waals surface area contributed by atoms with Crippen molar-refractivity contribution in [2.24, 2.45) is 0 Å². The van der Waals surface area contributed by atoms with Gasteiger partial charge in [-0.05, 0) is 29.8 Å². The molecule has 0 aliphatic heterocycles. The van der Waals surface area contributed by atoms with Gasteiger partial charge in [-0.2, -0.15) is 13.2 Å². The fourth-order valence-corrected chi connectivity index (χ4v) is 1.91. The summed E-state index contributed by atoms with van der Waals surface area (Å²) < 4.78 is 41.5. The van der Waals surface area contributed by atoms with Crippen LogP contribution in [-0.4, -0.2) is 17.4 Å². The second-order valence-corrected chi connectivity index (χ2v) is 4.67. The number of carbonyl (C=O) groups is 1. The Morgan fingerprint density at radius 2 is 1.88 bits per heavy atom. The van der Waals surface area contributed by atoms with Crippen LogP contribution in [0.15, 0.2) is 42.5 Å². The van der Waals surface area contributed by atoms with E-state index in [1.807, 2.05) is 0 Å². The van der Waals surface area contributed by atoms with Gasteiger partial charge in [-0.25, -0.2) is 0 Å². The van der Waals surface area contributed by atoms with Crippen molar-refractivity contribution in [1.29, 1.82) is 0 Å². The summed E-state index contributed by atoms with van der Waals surface area (Å²) in [6.07, 6.45) is -0.0971. The Morgan fingerprint density at radius 3 is 2.46 bits per heavy atom. The first-order valence-corrected chi connectivity index (χ1v) is 6.62. The van der Waals surface area contributed by atoms with Crippen molar-refractivity contribution in [3.05, 3.63) is 64.0 Å². The lowest BCUT2D eigenvalue weighted by Crippen LogP contribution is -2.14. The number of hydrogen-bond donors (Lipinski definition) is 1. The highest BCUT2D eigenvalue weighted by Crippen LogP contribution is 2.22. The fourth-order valence-electron chi connectivity index (χ4n) is 1.91. The third-order valence-corrected chi connectivity index (χ3v) is 2.94. The molecule has 0 spiro atoms. The second kappa shape index (κ2) is 7.44. The van der Waals surface area contributed by atoms with Crippen molar-refractivity contribution in [2.75, 3.05) is 5.32 Å². The molecule has 2 rings (SSSR count). The van der Waals surface area contributed by atoms with Crippen molar-refractivity contribution < 1.29 is 27.6 Å². The molecule has 0 aromatic heterocycles. The summed E-state index contributed by atoms with van der Waals surface area (Å²) in [5, 5.41) is 13.0. The summed E-state index contributed by atoms with van der Waals surface area (Å²) in [7, 11) is 0. The normalized spacial score (nSPS) is 10.5. The van der Waals surface area contributed by atoms with E-state index >= 15 is 0 Å². The quantitative estimate of drug-likeness (QED) is 0.644. The average Bonchev–Trinajstić information content (AvgIpc) is 2.50. The number of ether oxygens (including phenoxy) is 1. The van der Waals surface area contributed by atoms with E-state index in [-0.39, 0.29) is 17.9 Å². The fraction of sp³-hybridized carbons (Fsp3) is 0.133. The van der Waals surface area contributed by atoms with Gasteiger partial charge >= 0.3 is 12.3 Å². The zero-order chi connectivity index (χ0) is 17.7. The zero-order valence-electron chi connectivity index (χ0n) is 12.0. The first-order valence-electron chi connectivity index (χ1n) is 6.62. The van der Waals surface area contributed by atoms with Crippen LogP contribution in [0.3, 0.4) is 0 Å². The van der Waals surface area contributed by atoms with Gasteiger partial charge < -0.3 is 10.1 Å². The Labute approximate surface area is 134 Å². The molecule has 0 saturated carbocycles. The highest BCUT2D eigenvalue weighted by atomic mass is 19.3. The number of nitro groups is 1. The third-order valence-electron chi connectivity index (χ3n) is 2.94. The van der Waals surface area contributed by atoms with Gasteiger partial charge in [0.15, 0.2) is 0 Å². The molecule has 0 atom stereocenters. The lowest BCUT2D eigenvalue weighted by Gasteiger charge is -2.07. The summed E-state index contributed by atoms with van der Waals surface area (Å²) in [4.78, 5) is 21.6. The van der Waals surface area contributed by atoms with Crippen LogP contribution in [0, 0.1) is 15.9 Å². The van der Waals surface area contributed by atoms with Crippen LogP contribution in [0.25, 0.3) is 0 Å². The van der Waals surface area contributed by atoms with Gasteiger partial charge in [0, 0.05) is 11.8 Å².